The molecule has 1 aromatic heterocycles. The normalized spacial score (nSPS) is 14.8. The molecule has 5 nitrogen and oxygen atoms in total. The number of nitrogens with zero attached hydrogens (tertiary/aromatic N) is 2. The van der Waals surface area contributed by atoms with Gasteiger partial charge in [-0.15, -0.1) is 5.10 Å². The Bertz CT molecular complexity index is 336. The van der Waals surface area contributed by atoms with Crippen LogP contribution in [-0.2, 0) is 0 Å². The Balaban J connectivity index is 2.42. The minimum absolute atomic E-state index is 0.224. The van der Waals surface area contributed by atoms with Crippen LogP contribution in [-0.4, -0.2) is 32.7 Å². The van der Waals surface area contributed by atoms with Crippen LogP contribution >= 0.6 is 11.5 Å². The van der Waals surface area contributed by atoms with Crippen molar-refractivity contribution in [3.8, 4) is 0 Å². The molecule has 0 aliphatic heterocycles. The van der Waals surface area contributed by atoms with Crippen molar-refractivity contribution >= 4 is 17.4 Å². The highest BCUT2D eigenvalue weighted by molar-refractivity contribution is 7.03. The Morgan fingerprint density at radius 2 is 2.38 bits per heavy atom. The van der Waals surface area contributed by atoms with Crippen molar-refractivity contribution in [2.45, 2.75) is 32.8 Å². The van der Waals surface area contributed by atoms with Gasteiger partial charge in [-0.3, -0.25) is 4.79 Å². The van der Waals surface area contributed by atoms with E-state index in [4.69, 9.17) is 0 Å². The maximum atomic E-state index is 11.5. The number of aromatic nitrogens is 2. The van der Waals surface area contributed by atoms with Crippen molar-refractivity contribution in [2.75, 3.05) is 6.54 Å². The molecule has 90 valence electrons. The van der Waals surface area contributed by atoms with E-state index in [1.807, 2.05) is 13.8 Å². The lowest BCUT2D eigenvalue weighted by Crippen LogP contribution is -2.41. The zero-order chi connectivity index (χ0) is 12.2. The largest absolute Gasteiger partial charge is 0.388 e. The van der Waals surface area contributed by atoms with Crippen LogP contribution in [0.15, 0.2) is 5.38 Å². The zero-order valence-electron chi connectivity index (χ0n) is 9.73. The summed E-state index contributed by atoms with van der Waals surface area (Å²) in [6, 6.07) is 0. The van der Waals surface area contributed by atoms with Gasteiger partial charge in [0.1, 0.15) is 0 Å². The molecule has 1 amide bonds. The molecule has 0 saturated heterocycles. The Labute approximate surface area is 99.0 Å². The lowest BCUT2D eigenvalue weighted by atomic mass is 9.94. The summed E-state index contributed by atoms with van der Waals surface area (Å²) in [5, 5.41) is 17.9. The predicted molar refractivity (Wildman–Crippen MR) is 62.3 cm³/mol. The number of rotatable bonds is 5. The summed E-state index contributed by atoms with van der Waals surface area (Å²) in [5.74, 6) is 0.0885. The molecule has 0 radical (unpaired) electrons. The second-order valence-electron chi connectivity index (χ2n) is 4.57. The van der Waals surface area contributed by atoms with Crippen molar-refractivity contribution in [1.29, 1.82) is 0 Å². The van der Waals surface area contributed by atoms with Crippen molar-refractivity contribution in [3.05, 3.63) is 11.1 Å². The Hall–Kier alpha value is -1.01. The van der Waals surface area contributed by atoms with E-state index >= 15 is 0 Å². The van der Waals surface area contributed by atoms with E-state index in [2.05, 4.69) is 14.9 Å². The molecule has 2 N–H and O–H groups in total. The Kier molecular flexibility index (Phi) is 4.37. The van der Waals surface area contributed by atoms with Crippen molar-refractivity contribution in [2.24, 2.45) is 5.92 Å². The van der Waals surface area contributed by atoms with Crippen LogP contribution in [0.25, 0.3) is 0 Å². The standard InChI is InChI=1S/C10H17N3O2S/c1-7(2)4-10(3,15)6-11-9(14)8-5-16-13-12-8/h5,7,15H,4,6H2,1-3H3,(H,11,14). The molecule has 1 unspecified atom stereocenters. The number of hydrogen-bond acceptors (Lipinski definition) is 5. The minimum Gasteiger partial charge on any atom is -0.388 e. The van der Waals surface area contributed by atoms with Crippen LogP contribution in [0.4, 0.5) is 0 Å². The molecule has 0 aliphatic rings. The van der Waals surface area contributed by atoms with Crippen molar-refractivity contribution in [3.63, 3.8) is 0 Å². The van der Waals surface area contributed by atoms with Crippen molar-refractivity contribution < 1.29 is 9.90 Å². The van der Waals surface area contributed by atoms with Crippen LogP contribution in [0.1, 0.15) is 37.7 Å². The van der Waals surface area contributed by atoms with Gasteiger partial charge in [-0.05, 0) is 30.8 Å². The number of nitrogens with one attached hydrogen (secondary N) is 1. The van der Waals surface area contributed by atoms with Gasteiger partial charge in [-0.25, -0.2) is 0 Å². The quantitative estimate of drug-likeness (QED) is 0.811. The predicted octanol–water partition coefficient (Wildman–Crippen LogP) is 1.06. The monoisotopic (exact) mass is 243 g/mol. The lowest BCUT2D eigenvalue weighted by molar-refractivity contribution is 0.0367. The van der Waals surface area contributed by atoms with Crippen LogP contribution in [0.3, 0.4) is 0 Å². The van der Waals surface area contributed by atoms with Crippen LogP contribution in [0.2, 0.25) is 0 Å². The maximum absolute atomic E-state index is 11.5. The van der Waals surface area contributed by atoms with Crippen LogP contribution < -0.4 is 5.32 Å². The van der Waals surface area contributed by atoms with Gasteiger partial charge in [-0.2, -0.15) is 0 Å². The fourth-order valence-electron chi connectivity index (χ4n) is 1.58. The van der Waals surface area contributed by atoms with Gasteiger partial charge in [0.25, 0.3) is 5.91 Å². The molecule has 0 aromatic carbocycles. The molecule has 16 heavy (non-hydrogen) atoms. The topological polar surface area (TPSA) is 75.1 Å². The number of hydrogen-bond donors (Lipinski definition) is 2. The molecule has 0 bridgehead atoms. The van der Waals surface area contributed by atoms with Crippen LogP contribution in [0, 0.1) is 5.92 Å². The van der Waals surface area contributed by atoms with Gasteiger partial charge in [0.2, 0.25) is 0 Å². The average molecular weight is 243 g/mol. The molecular formula is C10H17N3O2S. The lowest BCUT2D eigenvalue weighted by Gasteiger charge is -2.25. The number of aliphatic hydroxyl groups is 1. The van der Waals surface area contributed by atoms with Gasteiger partial charge in [-0.1, -0.05) is 18.3 Å². The molecule has 6 heteroatoms. The number of carbonyl (C=O) groups is 1. The SMILES string of the molecule is CC(C)CC(C)(O)CNC(=O)c1csnn1. The molecule has 0 spiro atoms. The van der Waals surface area contributed by atoms with E-state index < -0.39 is 5.60 Å². The van der Waals surface area contributed by atoms with E-state index in [0.29, 0.717) is 18.0 Å². The van der Waals surface area contributed by atoms with Gasteiger partial charge in [0, 0.05) is 11.9 Å². The molecule has 0 saturated carbocycles. The van der Waals surface area contributed by atoms with E-state index in [1.54, 1.807) is 12.3 Å². The van der Waals surface area contributed by atoms with E-state index in [9.17, 15) is 9.90 Å². The second kappa shape index (κ2) is 5.36. The highest BCUT2D eigenvalue weighted by Gasteiger charge is 2.23. The third-order valence-corrected chi connectivity index (χ3v) is 2.58. The second-order valence-corrected chi connectivity index (χ2v) is 5.18. The van der Waals surface area contributed by atoms with Crippen LogP contribution in [0.5, 0.6) is 0 Å². The summed E-state index contributed by atoms with van der Waals surface area (Å²) in [4.78, 5) is 11.5. The van der Waals surface area contributed by atoms with Gasteiger partial charge in [0.15, 0.2) is 5.69 Å². The first-order valence-electron chi connectivity index (χ1n) is 5.18. The van der Waals surface area contributed by atoms with E-state index in [0.717, 1.165) is 11.5 Å². The van der Waals surface area contributed by atoms with E-state index in [-0.39, 0.29) is 12.5 Å². The average Bonchev–Trinajstić information content (AvgIpc) is 2.64. The minimum atomic E-state index is -0.882. The van der Waals surface area contributed by atoms with Gasteiger partial charge in [0.05, 0.1) is 5.60 Å². The Morgan fingerprint density at radius 3 is 2.88 bits per heavy atom. The summed E-state index contributed by atoms with van der Waals surface area (Å²) < 4.78 is 3.60. The van der Waals surface area contributed by atoms with Gasteiger partial charge < -0.3 is 10.4 Å². The fourth-order valence-corrected chi connectivity index (χ4v) is 2.01. The Morgan fingerprint density at radius 1 is 1.69 bits per heavy atom. The fraction of sp³-hybridized carbons (Fsp3) is 0.700. The first-order chi connectivity index (χ1) is 7.41. The molecule has 0 aliphatic carbocycles. The molecule has 0 fully saturated rings. The highest BCUT2D eigenvalue weighted by atomic mass is 32.1. The molecule has 1 aromatic rings. The summed E-state index contributed by atoms with van der Waals surface area (Å²) in [7, 11) is 0. The summed E-state index contributed by atoms with van der Waals surface area (Å²) >= 11 is 1.13. The summed E-state index contributed by atoms with van der Waals surface area (Å²) in [6.07, 6.45) is 0.641. The summed E-state index contributed by atoms with van der Waals surface area (Å²) in [6.45, 7) is 6.00. The van der Waals surface area contributed by atoms with Crippen molar-refractivity contribution in [1.82, 2.24) is 14.9 Å². The molecule has 1 heterocycles. The maximum Gasteiger partial charge on any atom is 0.272 e. The molecular weight excluding hydrogens is 226 g/mol. The number of carbonyl (C=O) groups excluding carboxylic acids is 1. The summed E-state index contributed by atoms with van der Waals surface area (Å²) in [5.41, 5.74) is -0.585. The van der Waals surface area contributed by atoms with E-state index in [1.165, 1.54) is 0 Å². The zero-order valence-corrected chi connectivity index (χ0v) is 10.5. The molecule has 1 atom stereocenters. The third kappa shape index (κ3) is 4.24. The van der Waals surface area contributed by atoms with Gasteiger partial charge >= 0.3 is 0 Å². The smallest absolute Gasteiger partial charge is 0.272 e. The first kappa shape index (κ1) is 13.1. The number of amides is 1. The highest BCUT2D eigenvalue weighted by Crippen LogP contribution is 2.15. The molecule has 1 rings (SSSR count). The first-order valence-corrected chi connectivity index (χ1v) is 6.02. The third-order valence-electron chi connectivity index (χ3n) is 2.07.